The molecule has 1 rings (SSSR count). The second-order valence-electron chi connectivity index (χ2n) is 1.89. The summed E-state index contributed by atoms with van der Waals surface area (Å²) in [5.74, 6) is 0. The molecule has 0 amide bonds. The summed E-state index contributed by atoms with van der Waals surface area (Å²) < 4.78 is 8.74. The Balaban J connectivity index is 0. The average molecular weight is 214 g/mol. The van der Waals surface area contributed by atoms with Crippen molar-refractivity contribution in [2.45, 2.75) is 0 Å². The number of carbonyl (C=O) groups is 1. The maximum Gasteiger partial charge on any atom is 0.314 e. The topological polar surface area (TPSA) is 119 Å². The van der Waals surface area contributed by atoms with E-state index in [1.807, 2.05) is 0 Å². The lowest BCUT2D eigenvalue weighted by Crippen LogP contribution is -2.39. The molecule has 0 saturated carbocycles. The van der Waals surface area contributed by atoms with Gasteiger partial charge >= 0.3 is 8.25 Å². The number of carboxylic acid groups (broad SMARTS) is 1. The second-order valence-corrected chi connectivity index (χ2v) is 2.45. The summed E-state index contributed by atoms with van der Waals surface area (Å²) in [4.78, 5) is 22.7. The van der Waals surface area contributed by atoms with Gasteiger partial charge in [0.05, 0.1) is 0 Å². The van der Waals surface area contributed by atoms with Crippen molar-refractivity contribution in [3.05, 3.63) is 0 Å². The fraction of sp³-hybridized carbons (Fsp3) is 0.800. The third-order valence-corrected chi connectivity index (χ3v) is 0.957. The van der Waals surface area contributed by atoms with Crippen molar-refractivity contribution in [1.29, 1.82) is 0 Å². The lowest BCUT2D eigenvalue weighted by atomic mass is 10.4. The predicted octanol–water partition coefficient (Wildman–Crippen LogP) is -1.76. The Morgan fingerprint density at radius 2 is 1.23 bits per heavy atom. The van der Waals surface area contributed by atoms with Gasteiger partial charge in [-0.15, -0.1) is 0 Å². The van der Waals surface area contributed by atoms with Crippen molar-refractivity contribution in [2.24, 2.45) is 0 Å². The molecule has 5 N–H and O–H groups in total. The first-order chi connectivity index (χ1) is 6.15. The Hall–Kier alpha value is -0.460. The highest BCUT2D eigenvalue weighted by Gasteiger charge is 1.91. The van der Waals surface area contributed by atoms with Gasteiger partial charge in [-0.2, -0.15) is 0 Å². The first-order valence-corrected chi connectivity index (χ1v) is 4.86. The molecular weight excluding hydrogens is 199 g/mol. The maximum atomic E-state index is 8.74. The Morgan fingerprint density at radius 3 is 1.31 bits per heavy atom. The van der Waals surface area contributed by atoms with E-state index in [0.717, 1.165) is 26.2 Å². The van der Waals surface area contributed by atoms with E-state index in [-0.39, 0.29) is 6.47 Å². The minimum absolute atomic E-state index is 0.250. The standard InChI is InChI=1S/C4H10N2.CH2O2.H3O3P/c1-2-6-4-3-5-1;2-1-3;1-4(2)3/h5-6H,1-4H2;1H,(H,2,3);4H,(H2,1,2,3). The number of nitrogens with one attached hydrogen (secondary N) is 2. The Kier molecular flexibility index (Phi) is 16.3. The van der Waals surface area contributed by atoms with Gasteiger partial charge in [-0.25, -0.2) is 0 Å². The van der Waals surface area contributed by atoms with E-state index in [0.29, 0.717) is 0 Å². The quantitative estimate of drug-likeness (QED) is 0.239. The fourth-order valence-electron chi connectivity index (χ4n) is 0.604. The maximum absolute atomic E-state index is 8.74. The molecule has 0 aromatic carbocycles. The SMILES string of the molecule is C1CNCCN1.O=CO.O=[PH](O)O. The molecule has 0 radical (unpaired) electrons. The molecule has 1 heterocycles. The molecule has 0 aliphatic carbocycles. The van der Waals surface area contributed by atoms with Gasteiger partial charge in [0.1, 0.15) is 0 Å². The van der Waals surface area contributed by atoms with Crippen LogP contribution in [0.1, 0.15) is 0 Å². The molecule has 0 aromatic rings. The Morgan fingerprint density at radius 1 is 1.08 bits per heavy atom. The van der Waals surface area contributed by atoms with Gasteiger partial charge in [-0.1, -0.05) is 0 Å². The summed E-state index contributed by atoms with van der Waals surface area (Å²) in [6.45, 7) is 4.31. The smallest absolute Gasteiger partial charge is 0.314 e. The van der Waals surface area contributed by atoms with Gasteiger partial charge in [-0.3, -0.25) is 9.36 Å². The van der Waals surface area contributed by atoms with Gasteiger partial charge in [0, 0.05) is 26.2 Å². The van der Waals surface area contributed by atoms with Crippen molar-refractivity contribution >= 4 is 14.7 Å². The zero-order valence-electron chi connectivity index (χ0n) is 7.06. The molecule has 0 spiro atoms. The second kappa shape index (κ2) is 14.1. The summed E-state index contributed by atoms with van der Waals surface area (Å²) in [6.07, 6.45) is 0. The van der Waals surface area contributed by atoms with E-state index in [1.54, 1.807) is 0 Å². The third kappa shape index (κ3) is 34.2. The Labute approximate surface area is 76.7 Å². The number of hydrogen-bond donors (Lipinski definition) is 5. The van der Waals surface area contributed by atoms with E-state index < -0.39 is 8.25 Å². The third-order valence-electron chi connectivity index (χ3n) is 0.957. The molecular formula is C5H15N2O5P. The molecule has 1 saturated heterocycles. The Bertz CT molecular complexity index is 115. The zero-order chi connectivity index (χ0) is 10.5. The van der Waals surface area contributed by atoms with Crippen molar-refractivity contribution in [3.8, 4) is 0 Å². The molecule has 8 heteroatoms. The number of hydrogen-bond acceptors (Lipinski definition) is 4. The van der Waals surface area contributed by atoms with Crippen LogP contribution in [-0.2, 0) is 9.36 Å². The highest BCUT2D eigenvalue weighted by Crippen LogP contribution is 1.98. The van der Waals surface area contributed by atoms with Crippen LogP contribution in [0.2, 0.25) is 0 Å². The van der Waals surface area contributed by atoms with Crippen LogP contribution in [0.5, 0.6) is 0 Å². The van der Waals surface area contributed by atoms with Crippen LogP contribution in [-0.4, -0.2) is 47.5 Å². The van der Waals surface area contributed by atoms with Crippen LogP contribution in [0.25, 0.3) is 0 Å². The normalized spacial score (nSPS) is 14.7. The largest absolute Gasteiger partial charge is 0.483 e. The molecule has 1 aliphatic heterocycles. The van der Waals surface area contributed by atoms with Crippen molar-refractivity contribution in [2.75, 3.05) is 26.2 Å². The molecule has 0 aromatic heterocycles. The first kappa shape index (κ1) is 15.0. The summed E-state index contributed by atoms with van der Waals surface area (Å²) >= 11 is 0. The van der Waals surface area contributed by atoms with Crippen molar-refractivity contribution in [1.82, 2.24) is 10.6 Å². The van der Waals surface area contributed by atoms with E-state index in [1.165, 1.54) is 0 Å². The van der Waals surface area contributed by atoms with Crippen LogP contribution in [0.3, 0.4) is 0 Å². The minimum atomic E-state index is -3.13. The van der Waals surface area contributed by atoms with E-state index in [9.17, 15) is 0 Å². The summed E-state index contributed by atoms with van der Waals surface area (Å²) in [5, 5.41) is 13.3. The predicted molar refractivity (Wildman–Crippen MR) is 47.9 cm³/mol. The van der Waals surface area contributed by atoms with Crippen LogP contribution < -0.4 is 10.6 Å². The molecule has 0 unspecified atom stereocenters. The van der Waals surface area contributed by atoms with Gasteiger partial charge in [0.2, 0.25) is 0 Å². The zero-order valence-corrected chi connectivity index (χ0v) is 8.06. The molecule has 80 valence electrons. The highest BCUT2D eigenvalue weighted by atomic mass is 31.1. The van der Waals surface area contributed by atoms with Crippen molar-refractivity contribution < 1.29 is 24.3 Å². The van der Waals surface area contributed by atoms with Crippen LogP contribution >= 0.6 is 8.25 Å². The summed E-state index contributed by atoms with van der Waals surface area (Å²) in [7, 11) is -3.13. The van der Waals surface area contributed by atoms with Crippen molar-refractivity contribution in [3.63, 3.8) is 0 Å². The molecule has 0 bridgehead atoms. The van der Waals surface area contributed by atoms with E-state index >= 15 is 0 Å². The van der Waals surface area contributed by atoms with Crippen LogP contribution in [0.4, 0.5) is 0 Å². The molecule has 1 fully saturated rings. The van der Waals surface area contributed by atoms with E-state index in [4.69, 9.17) is 24.3 Å². The van der Waals surface area contributed by atoms with E-state index in [2.05, 4.69) is 10.6 Å². The number of rotatable bonds is 0. The average Bonchev–Trinajstić information content (AvgIpc) is 2.08. The summed E-state index contributed by atoms with van der Waals surface area (Å²) in [6, 6.07) is 0. The fourth-order valence-corrected chi connectivity index (χ4v) is 0.604. The summed E-state index contributed by atoms with van der Waals surface area (Å²) in [5.41, 5.74) is 0. The number of piperazine rings is 1. The van der Waals surface area contributed by atoms with Gasteiger partial charge in [0.25, 0.3) is 6.47 Å². The molecule has 1 aliphatic rings. The minimum Gasteiger partial charge on any atom is -0.483 e. The van der Waals surface area contributed by atoms with Crippen LogP contribution in [0.15, 0.2) is 0 Å². The molecule has 13 heavy (non-hydrogen) atoms. The lowest BCUT2D eigenvalue weighted by molar-refractivity contribution is -0.122. The highest BCUT2D eigenvalue weighted by molar-refractivity contribution is 7.30. The van der Waals surface area contributed by atoms with Gasteiger partial charge in [-0.05, 0) is 0 Å². The lowest BCUT2D eigenvalue weighted by Gasteiger charge is -2.11. The first-order valence-electron chi connectivity index (χ1n) is 3.56. The van der Waals surface area contributed by atoms with Gasteiger partial charge < -0.3 is 25.5 Å². The monoisotopic (exact) mass is 214 g/mol. The molecule has 7 nitrogen and oxygen atoms in total. The van der Waals surface area contributed by atoms with Gasteiger partial charge in [0.15, 0.2) is 0 Å². The molecule has 0 atom stereocenters. The van der Waals surface area contributed by atoms with Crippen LogP contribution in [0, 0.1) is 0 Å².